The molecule has 5 unspecified atom stereocenters. The van der Waals surface area contributed by atoms with Crippen LogP contribution >= 0.6 is 15.9 Å². The zero-order chi connectivity index (χ0) is 23.3. The lowest BCUT2D eigenvalue weighted by molar-refractivity contribution is -0.156. The molecule has 0 amide bonds. The molecule has 9 atom stereocenters. The zero-order valence-corrected chi connectivity index (χ0v) is 23.3. The number of rotatable bonds is 6. The van der Waals surface area contributed by atoms with E-state index < -0.39 is 0 Å². The summed E-state index contributed by atoms with van der Waals surface area (Å²) in [6, 6.07) is 0. The lowest BCUT2D eigenvalue weighted by atomic mass is 9.44. The van der Waals surface area contributed by atoms with Gasteiger partial charge in [-0.2, -0.15) is 0 Å². The lowest BCUT2D eigenvalue weighted by Gasteiger charge is -2.64. The summed E-state index contributed by atoms with van der Waals surface area (Å²) in [5.41, 5.74) is 0.908. The number of carbonyl (C=O) groups is 1. The fourth-order valence-corrected chi connectivity index (χ4v) is 10.6. The highest BCUT2D eigenvalue weighted by atomic mass is 79.9. The van der Waals surface area contributed by atoms with Crippen LogP contribution in [0.4, 0.5) is 0 Å². The molecule has 0 heterocycles. The summed E-state index contributed by atoms with van der Waals surface area (Å²) in [6.45, 7) is 14.2. The molecule has 0 N–H and O–H groups in total. The van der Waals surface area contributed by atoms with Gasteiger partial charge in [0, 0.05) is 17.7 Å². The lowest BCUT2D eigenvalue weighted by Crippen LogP contribution is -2.60. The van der Waals surface area contributed by atoms with Crippen LogP contribution in [0.25, 0.3) is 0 Å². The van der Waals surface area contributed by atoms with Crippen LogP contribution in [-0.2, 0) is 9.53 Å². The SMILES string of the molecule is CC(=O)OC1CC[C@]2(C)C3CC[C@@]4(C)C(CCC4[C@H](C)CCCC(C)C)[C@@H]3CCC2(Br)C1. The number of esters is 1. The molecule has 0 bridgehead atoms. The predicted octanol–water partition coefficient (Wildman–Crippen LogP) is 8.56. The van der Waals surface area contributed by atoms with E-state index in [2.05, 4.69) is 50.5 Å². The Hall–Kier alpha value is -0.0500. The molecule has 4 aliphatic carbocycles. The maximum absolute atomic E-state index is 11.6. The Morgan fingerprint density at radius 3 is 2.41 bits per heavy atom. The average Bonchev–Trinajstić information content (AvgIpc) is 3.05. The summed E-state index contributed by atoms with van der Waals surface area (Å²) in [4.78, 5) is 11.6. The van der Waals surface area contributed by atoms with E-state index >= 15 is 0 Å². The van der Waals surface area contributed by atoms with Crippen molar-refractivity contribution in [2.24, 2.45) is 46.3 Å². The van der Waals surface area contributed by atoms with Crippen LogP contribution < -0.4 is 0 Å². The molecular formula is C29H49BrO2. The fourth-order valence-electron chi connectivity index (χ4n) is 9.52. The van der Waals surface area contributed by atoms with Crippen molar-refractivity contribution in [2.45, 2.75) is 129 Å². The Bertz CT molecular complexity index is 691. The first-order valence-electron chi connectivity index (χ1n) is 13.9. The third-order valence-corrected chi connectivity index (χ3v) is 12.8. The molecule has 4 fully saturated rings. The minimum absolute atomic E-state index is 0.105. The molecule has 3 heteroatoms. The Labute approximate surface area is 206 Å². The van der Waals surface area contributed by atoms with Crippen molar-refractivity contribution >= 4 is 21.9 Å². The van der Waals surface area contributed by atoms with Gasteiger partial charge in [-0.05, 0) is 97.7 Å². The monoisotopic (exact) mass is 508 g/mol. The summed E-state index contributed by atoms with van der Waals surface area (Å²) >= 11 is 4.29. The van der Waals surface area contributed by atoms with Crippen LogP contribution in [0.15, 0.2) is 0 Å². The molecule has 0 aliphatic heterocycles. The molecule has 0 aromatic heterocycles. The largest absolute Gasteiger partial charge is 0.463 e. The second-order valence-corrected chi connectivity index (χ2v) is 14.8. The van der Waals surface area contributed by atoms with Crippen molar-refractivity contribution in [3.05, 3.63) is 0 Å². The first-order valence-corrected chi connectivity index (χ1v) is 14.7. The first kappa shape index (κ1) is 25.1. The van der Waals surface area contributed by atoms with Crippen LogP contribution in [-0.4, -0.2) is 16.4 Å². The van der Waals surface area contributed by atoms with E-state index in [1.165, 1.54) is 64.2 Å². The number of ether oxygens (including phenoxy) is 1. The second-order valence-electron chi connectivity index (χ2n) is 13.3. The molecular weight excluding hydrogens is 460 g/mol. The predicted molar refractivity (Wildman–Crippen MR) is 137 cm³/mol. The van der Waals surface area contributed by atoms with Gasteiger partial charge in [0.05, 0.1) is 0 Å². The quantitative estimate of drug-likeness (QED) is 0.265. The molecule has 4 aliphatic rings. The van der Waals surface area contributed by atoms with Gasteiger partial charge in [-0.25, -0.2) is 0 Å². The number of hydrogen-bond donors (Lipinski definition) is 0. The fraction of sp³-hybridized carbons (Fsp3) is 0.966. The molecule has 32 heavy (non-hydrogen) atoms. The van der Waals surface area contributed by atoms with Gasteiger partial charge >= 0.3 is 5.97 Å². The number of alkyl halides is 1. The molecule has 0 spiro atoms. The zero-order valence-electron chi connectivity index (χ0n) is 21.7. The molecule has 184 valence electrons. The Morgan fingerprint density at radius 1 is 0.969 bits per heavy atom. The highest BCUT2D eigenvalue weighted by Gasteiger charge is 2.64. The van der Waals surface area contributed by atoms with Crippen molar-refractivity contribution in [2.75, 3.05) is 0 Å². The van der Waals surface area contributed by atoms with Crippen molar-refractivity contribution in [1.82, 2.24) is 0 Å². The third-order valence-electron chi connectivity index (χ3n) is 11.2. The van der Waals surface area contributed by atoms with E-state index in [0.29, 0.717) is 10.8 Å². The Kier molecular flexibility index (Phi) is 7.20. The Morgan fingerprint density at radius 2 is 1.72 bits per heavy atom. The molecule has 0 saturated heterocycles. The van der Waals surface area contributed by atoms with E-state index in [4.69, 9.17) is 4.74 Å². The van der Waals surface area contributed by atoms with Gasteiger partial charge in [0.1, 0.15) is 6.10 Å². The van der Waals surface area contributed by atoms with Crippen LogP contribution in [0.1, 0.15) is 119 Å². The third kappa shape index (κ3) is 4.24. The number of hydrogen-bond acceptors (Lipinski definition) is 2. The van der Waals surface area contributed by atoms with Gasteiger partial charge in [-0.3, -0.25) is 4.79 Å². The van der Waals surface area contributed by atoms with E-state index in [0.717, 1.165) is 48.3 Å². The van der Waals surface area contributed by atoms with Gasteiger partial charge < -0.3 is 4.74 Å². The second kappa shape index (κ2) is 9.19. The van der Waals surface area contributed by atoms with Crippen LogP contribution in [0.5, 0.6) is 0 Å². The highest BCUT2D eigenvalue weighted by molar-refractivity contribution is 9.10. The summed E-state index contributed by atoms with van der Waals surface area (Å²) in [6.07, 6.45) is 16.0. The van der Waals surface area contributed by atoms with Gasteiger partial charge in [-0.15, -0.1) is 0 Å². The smallest absolute Gasteiger partial charge is 0.302 e. The maximum atomic E-state index is 11.6. The highest BCUT2D eigenvalue weighted by Crippen LogP contribution is 2.70. The number of carbonyl (C=O) groups excluding carboxylic acids is 1. The van der Waals surface area contributed by atoms with Crippen molar-refractivity contribution in [3.63, 3.8) is 0 Å². The van der Waals surface area contributed by atoms with Gasteiger partial charge in [0.2, 0.25) is 0 Å². The molecule has 4 rings (SSSR count). The summed E-state index contributed by atoms with van der Waals surface area (Å²) in [5.74, 6) is 5.21. The minimum Gasteiger partial charge on any atom is -0.463 e. The minimum atomic E-state index is -0.115. The molecule has 0 aromatic rings. The summed E-state index contributed by atoms with van der Waals surface area (Å²) < 4.78 is 5.84. The average molecular weight is 510 g/mol. The van der Waals surface area contributed by atoms with E-state index in [-0.39, 0.29) is 16.4 Å². The normalized spacial score (nSPS) is 46.8. The van der Waals surface area contributed by atoms with Crippen molar-refractivity contribution in [3.8, 4) is 0 Å². The van der Waals surface area contributed by atoms with E-state index in [9.17, 15) is 4.79 Å². The van der Waals surface area contributed by atoms with E-state index in [1.807, 2.05) is 0 Å². The first-order chi connectivity index (χ1) is 15.0. The van der Waals surface area contributed by atoms with Crippen molar-refractivity contribution in [1.29, 1.82) is 0 Å². The van der Waals surface area contributed by atoms with Crippen LogP contribution in [0.3, 0.4) is 0 Å². The molecule has 4 saturated carbocycles. The standard InChI is InChI=1S/C29H49BrO2/c1-19(2)8-7-9-20(3)24-10-11-25-23-13-17-29(30)18-22(32-21(4)31)12-16-28(29,6)26(23)14-15-27(24,25)5/h19-20,22-26H,7-18H2,1-6H3/t20-,22?,23+,24?,25?,26?,27-,28-,29?/m1/s1. The van der Waals surface area contributed by atoms with E-state index in [1.54, 1.807) is 6.92 Å². The van der Waals surface area contributed by atoms with Gasteiger partial charge in [0.15, 0.2) is 0 Å². The van der Waals surface area contributed by atoms with Gasteiger partial charge in [-0.1, -0.05) is 69.8 Å². The summed E-state index contributed by atoms with van der Waals surface area (Å²) in [5, 5.41) is 0. The molecule has 2 nitrogen and oxygen atoms in total. The van der Waals surface area contributed by atoms with Crippen LogP contribution in [0, 0.1) is 46.3 Å². The Balaban J connectivity index is 1.47. The topological polar surface area (TPSA) is 26.3 Å². The maximum Gasteiger partial charge on any atom is 0.302 e. The van der Waals surface area contributed by atoms with Crippen molar-refractivity contribution < 1.29 is 9.53 Å². The molecule has 0 aromatic carbocycles. The number of fused-ring (bicyclic) bond motifs is 5. The van der Waals surface area contributed by atoms with Gasteiger partial charge in [0.25, 0.3) is 0 Å². The molecule has 0 radical (unpaired) electrons. The van der Waals surface area contributed by atoms with Crippen LogP contribution in [0.2, 0.25) is 0 Å². The number of halogens is 1. The summed E-state index contributed by atoms with van der Waals surface area (Å²) in [7, 11) is 0.